The van der Waals surface area contributed by atoms with Crippen molar-refractivity contribution >= 4 is 23.6 Å². The van der Waals surface area contributed by atoms with Gasteiger partial charge in [-0.15, -0.1) is 0 Å². The summed E-state index contributed by atoms with van der Waals surface area (Å²) >= 11 is 0. The second-order valence-electron chi connectivity index (χ2n) is 6.48. The number of aryl methyl sites for hydroxylation is 1. The van der Waals surface area contributed by atoms with Crippen LogP contribution in [0.3, 0.4) is 0 Å². The third-order valence-corrected chi connectivity index (χ3v) is 4.56. The lowest BCUT2D eigenvalue weighted by molar-refractivity contribution is 0.00578. The number of rotatable bonds is 2. The number of hydrogen-bond acceptors (Lipinski definition) is 3. The molecule has 4 nitrogen and oxygen atoms in total. The highest BCUT2D eigenvalue weighted by atomic mass is 19.1. The minimum absolute atomic E-state index is 0.353. The summed E-state index contributed by atoms with van der Waals surface area (Å²) in [5, 5.41) is 0.746. The Morgan fingerprint density at radius 2 is 1.86 bits per heavy atom. The van der Waals surface area contributed by atoms with Gasteiger partial charge in [-0.05, 0) is 40.7 Å². The highest BCUT2D eigenvalue weighted by molar-refractivity contribution is 6.65. The Labute approximate surface area is 124 Å². The first kappa shape index (κ1) is 14.5. The first-order chi connectivity index (χ1) is 9.75. The molecule has 3 rings (SSSR count). The van der Waals surface area contributed by atoms with E-state index in [0.29, 0.717) is 0 Å². The van der Waals surface area contributed by atoms with Crippen LogP contribution in [0.5, 0.6) is 0 Å². The van der Waals surface area contributed by atoms with Crippen molar-refractivity contribution < 1.29 is 13.7 Å². The van der Waals surface area contributed by atoms with E-state index in [1.165, 1.54) is 12.3 Å². The molecule has 1 aliphatic rings. The van der Waals surface area contributed by atoms with E-state index in [1.807, 2.05) is 45.4 Å². The number of aromatic nitrogens is 2. The topological polar surface area (TPSA) is 36.3 Å². The van der Waals surface area contributed by atoms with Crippen LogP contribution in [0.2, 0.25) is 0 Å². The van der Waals surface area contributed by atoms with Crippen molar-refractivity contribution in [2.24, 2.45) is 0 Å². The summed E-state index contributed by atoms with van der Waals surface area (Å²) in [6.45, 7) is 10.8. The number of nitrogens with zero attached hydrogens (tertiary/aromatic N) is 2. The first-order valence-electron chi connectivity index (χ1n) is 7.25. The molecule has 1 aliphatic heterocycles. The maximum atomic E-state index is 13.6. The van der Waals surface area contributed by atoms with Gasteiger partial charge in [0.05, 0.1) is 17.4 Å². The molecule has 0 bridgehead atoms. The fourth-order valence-electron chi connectivity index (χ4n) is 2.57. The molecule has 0 spiro atoms. The molecule has 6 heteroatoms. The van der Waals surface area contributed by atoms with E-state index < -0.39 is 18.3 Å². The average Bonchev–Trinajstić information content (AvgIpc) is 2.84. The molecule has 0 amide bonds. The van der Waals surface area contributed by atoms with Gasteiger partial charge in [0.2, 0.25) is 0 Å². The van der Waals surface area contributed by atoms with Crippen LogP contribution in [-0.2, 0) is 15.9 Å². The highest BCUT2D eigenvalue weighted by Crippen LogP contribution is 2.37. The SMILES string of the molecule is CCn1cc(B2OC(C)(C)C(C)(C)O2)c2cc(F)cnc21. The molecular weight excluding hydrogens is 270 g/mol. The molecule has 112 valence electrons. The van der Waals surface area contributed by atoms with E-state index >= 15 is 0 Å². The minimum atomic E-state index is -0.506. The average molecular weight is 290 g/mol. The molecule has 3 heterocycles. The Kier molecular flexibility index (Phi) is 3.15. The van der Waals surface area contributed by atoms with Crippen molar-refractivity contribution in [1.29, 1.82) is 0 Å². The quantitative estimate of drug-likeness (QED) is 0.797. The lowest BCUT2D eigenvalue weighted by Gasteiger charge is -2.32. The number of fused-ring (bicyclic) bond motifs is 1. The smallest absolute Gasteiger partial charge is 0.399 e. The van der Waals surface area contributed by atoms with Crippen LogP contribution in [0.1, 0.15) is 34.6 Å². The normalized spacial score (nSPS) is 20.4. The third-order valence-electron chi connectivity index (χ3n) is 4.56. The molecule has 0 aliphatic carbocycles. The zero-order valence-electron chi connectivity index (χ0n) is 13.1. The van der Waals surface area contributed by atoms with E-state index in [9.17, 15) is 4.39 Å². The van der Waals surface area contributed by atoms with Crippen LogP contribution in [0.15, 0.2) is 18.5 Å². The molecule has 0 unspecified atom stereocenters. The molecule has 0 atom stereocenters. The maximum absolute atomic E-state index is 13.6. The number of halogens is 1. The molecule has 2 aromatic heterocycles. The van der Waals surface area contributed by atoms with Crippen molar-refractivity contribution in [2.75, 3.05) is 0 Å². The van der Waals surface area contributed by atoms with Gasteiger partial charge in [-0.3, -0.25) is 0 Å². The van der Waals surface area contributed by atoms with Crippen LogP contribution in [0.25, 0.3) is 11.0 Å². The zero-order valence-corrected chi connectivity index (χ0v) is 13.1. The number of hydrogen-bond donors (Lipinski definition) is 0. The fourth-order valence-corrected chi connectivity index (χ4v) is 2.57. The molecule has 2 aromatic rings. The summed E-state index contributed by atoms with van der Waals surface area (Å²) in [6.07, 6.45) is 3.18. The molecular formula is C15H20BFN2O2. The van der Waals surface area contributed by atoms with Crippen LogP contribution in [-0.4, -0.2) is 27.9 Å². The number of pyridine rings is 1. The molecule has 1 saturated heterocycles. The molecule has 0 aromatic carbocycles. The summed E-state index contributed by atoms with van der Waals surface area (Å²) in [5.74, 6) is -0.353. The zero-order chi connectivity index (χ0) is 15.4. The van der Waals surface area contributed by atoms with E-state index in [4.69, 9.17) is 9.31 Å². The largest absolute Gasteiger partial charge is 0.497 e. The Balaban J connectivity index is 2.12. The van der Waals surface area contributed by atoms with Gasteiger partial charge < -0.3 is 13.9 Å². The summed E-state index contributed by atoms with van der Waals surface area (Å²) in [6, 6.07) is 1.49. The van der Waals surface area contributed by atoms with Gasteiger partial charge in [0, 0.05) is 23.6 Å². The summed E-state index contributed by atoms with van der Waals surface area (Å²) in [7, 11) is -0.506. The van der Waals surface area contributed by atoms with Crippen molar-refractivity contribution in [2.45, 2.75) is 52.4 Å². The van der Waals surface area contributed by atoms with Gasteiger partial charge >= 0.3 is 7.12 Å². The van der Waals surface area contributed by atoms with E-state index in [-0.39, 0.29) is 5.82 Å². The highest BCUT2D eigenvalue weighted by Gasteiger charge is 2.52. The Bertz CT molecular complexity index is 680. The van der Waals surface area contributed by atoms with Gasteiger partial charge in [0.25, 0.3) is 0 Å². The van der Waals surface area contributed by atoms with Crippen LogP contribution in [0, 0.1) is 5.82 Å². The molecule has 0 radical (unpaired) electrons. The Morgan fingerprint density at radius 1 is 1.24 bits per heavy atom. The van der Waals surface area contributed by atoms with Crippen molar-refractivity contribution in [3.63, 3.8) is 0 Å². The van der Waals surface area contributed by atoms with Gasteiger partial charge in [-0.25, -0.2) is 9.37 Å². The summed E-state index contributed by atoms with van der Waals surface area (Å²) in [5.41, 5.74) is 0.749. The predicted molar refractivity (Wildman–Crippen MR) is 81.1 cm³/mol. The molecule has 21 heavy (non-hydrogen) atoms. The van der Waals surface area contributed by atoms with Gasteiger partial charge in [0.1, 0.15) is 11.5 Å². The maximum Gasteiger partial charge on any atom is 0.497 e. The van der Waals surface area contributed by atoms with Crippen molar-refractivity contribution in [3.8, 4) is 0 Å². The van der Waals surface area contributed by atoms with E-state index in [1.54, 1.807) is 0 Å². The Morgan fingerprint density at radius 3 is 2.43 bits per heavy atom. The van der Waals surface area contributed by atoms with Crippen LogP contribution in [0.4, 0.5) is 4.39 Å². The lowest BCUT2D eigenvalue weighted by Crippen LogP contribution is -2.41. The van der Waals surface area contributed by atoms with Gasteiger partial charge in [0.15, 0.2) is 0 Å². The van der Waals surface area contributed by atoms with Crippen LogP contribution < -0.4 is 5.46 Å². The first-order valence-corrected chi connectivity index (χ1v) is 7.25. The van der Waals surface area contributed by atoms with Crippen LogP contribution >= 0.6 is 0 Å². The fraction of sp³-hybridized carbons (Fsp3) is 0.533. The van der Waals surface area contributed by atoms with Crippen molar-refractivity contribution in [3.05, 3.63) is 24.3 Å². The lowest BCUT2D eigenvalue weighted by atomic mass is 9.79. The molecule has 0 saturated carbocycles. The Hall–Kier alpha value is -1.40. The van der Waals surface area contributed by atoms with E-state index in [0.717, 1.165) is 23.0 Å². The molecule has 0 N–H and O–H groups in total. The van der Waals surface area contributed by atoms with Gasteiger partial charge in [-0.1, -0.05) is 0 Å². The summed E-state index contributed by atoms with van der Waals surface area (Å²) < 4.78 is 27.7. The minimum Gasteiger partial charge on any atom is -0.399 e. The third kappa shape index (κ3) is 2.17. The monoisotopic (exact) mass is 290 g/mol. The predicted octanol–water partition coefficient (Wildman–Crippen LogP) is 2.49. The van der Waals surface area contributed by atoms with Gasteiger partial charge in [-0.2, -0.15) is 0 Å². The molecule has 1 fully saturated rings. The second kappa shape index (κ2) is 4.55. The standard InChI is InChI=1S/C15H20BFN2O2/c1-6-19-9-12(11-7-10(17)8-18-13(11)19)16-20-14(2,3)15(4,5)21-16/h7-9H,6H2,1-5H3. The summed E-state index contributed by atoms with van der Waals surface area (Å²) in [4.78, 5) is 4.19. The second-order valence-corrected chi connectivity index (χ2v) is 6.48. The van der Waals surface area contributed by atoms with E-state index in [2.05, 4.69) is 4.98 Å². The van der Waals surface area contributed by atoms with Crippen molar-refractivity contribution in [1.82, 2.24) is 9.55 Å².